The Balaban J connectivity index is 2.40. The average molecular weight is 357 g/mol. The molecule has 0 saturated heterocycles. The molecule has 0 aliphatic heterocycles. The van der Waals surface area contributed by atoms with Gasteiger partial charge in [-0.3, -0.25) is 14.8 Å². The fraction of sp³-hybridized carbons (Fsp3) is 0.333. The molecule has 0 amide bonds. The first-order chi connectivity index (χ1) is 9.90. The van der Waals surface area contributed by atoms with Gasteiger partial charge in [0.05, 0.1) is 11.0 Å². The number of aryl methyl sites for hydroxylation is 1. The Labute approximate surface area is 128 Å². The van der Waals surface area contributed by atoms with E-state index in [1.807, 2.05) is 0 Å². The summed E-state index contributed by atoms with van der Waals surface area (Å²) in [5, 5.41) is 24.9. The second-order valence-corrected chi connectivity index (χ2v) is 5.28. The van der Waals surface area contributed by atoms with Crippen LogP contribution < -0.4 is 4.74 Å². The summed E-state index contributed by atoms with van der Waals surface area (Å²) in [4.78, 5) is 14.6. The maximum Gasteiger partial charge on any atom is 0.312 e. The van der Waals surface area contributed by atoms with Gasteiger partial charge in [0.2, 0.25) is 5.75 Å². The highest BCUT2D eigenvalue weighted by Crippen LogP contribution is 2.38. The largest absolute Gasteiger partial charge is 0.478 e. The van der Waals surface area contributed by atoms with Crippen molar-refractivity contribution in [3.63, 3.8) is 0 Å². The highest BCUT2D eigenvalue weighted by atomic mass is 79.9. The van der Waals surface area contributed by atoms with E-state index in [1.54, 1.807) is 13.1 Å². The zero-order valence-corrected chi connectivity index (χ0v) is 12.9. The lowest BCUT2D eigenvalue weighted by Gasteiger charge is -2.14. The van der Waals surface area contributed by atoms with E-state index in [-0.39, 0.29) is 18.0 Å². The Morgan fingerprint density at radius 3 is 2.81 bits per heavy atom. The summed E-state index contributed by atoms with van der Waals surface area (Å²) in [7, 11) is 1.69. The fourth-order valence-corrected chi connectivity index (χ4v) is 2.25. The Morgan fingerprint density at radius 1 is 1.57 bits per heavy atom. The number of aliphatic hydroxyl groups excluding tert-OH is 1. The molecule has 112 valence electrons. The molecule has 0 fully saturated rings. The highest BCUT2D eigenvalue weighted by Gasteiger charge is 2.23. The van der Waals surface area contributed by atoms with Crippen molar-refractivity contribution in [1.29, 1.82) is 0 Å². The third-order valence-corrected chi connectivity index (χ3v) is 3.32. The number of aromatic nitrogens is 3. The van der Waals surface area contributed by atoms with Crippen LogP contribution in [0.5, 0.6) is 5.75 Å². The lowest BCUT2D eigenvalue weighted by Crippen LogP contribution is -2.08. The molecule has 21 heavy (non-hydrogen) atoms. The Hall–Kier alpha value is -2.00. The van der Waals surface area contributed by atoms with E-state index < -0.39 is 11.0 Å². The molecule has 1 N–H and O–H groups in total. The van der Waals surface area contributed by atoms with Crippen molar-refractivity contribution >= 4 is 21.6 Å². The van der Waals surface area contributed by atoms with Crippen molar-refractivity contribution in [2.45, 2.75) is 19.6 Å². The third kappa shape index (κ3) is 3.37. The van der Waals surface area contributed by atoms with Gasteiger partial charge < -0.3 is 9.84 Å². The van der Waals surface area contributed by atoms with Gasteiger partial charge in [0, 0.05) is 23.2 Å². The first-order valence-corrected chi connectivity index (χ1v) is 6.81. The molecule has 1 atom stereocenters. The minimum Gasteiger partial charge on any atom is -0.478 e. The maximum atomic E-state index is 11.2. The van der Waals surface area contributed by atoms with Crippen molar-refractivity contribution in [3.8, 4) is 5.75 Å². The molecule has 0 aliphatic rings. The van der Waals surface area contributed by atoms with E-state index in [0.29, 0.717) is 15.9 Å². The molecule has 1 aromatic carbocycles. The van der Waals surface area contributed by atoms with Gasteiger partial charge >= 0.3 is 5.69 Å². The van der Waals surface area contributed by atoms with Gasteiger partial charge in [-0.05, 0) is 13.0 Å². The third-order valence-electron chi connectivity index (χ3n) is 2.86. The number of ether oxygens (including phenoxy) is 1. The number of hydrogen-bond donors (Lipinski definition) is 1. The zero-order chi connectivity index (χ0) is 15.6. The standard InChI is InChI=1S/C12H13BrN4O4/c1-7(18)9-3-8(13)4-10(17(19)20)12(9)21-5-11-14-6-15-16(11)2/h3-4,6-7,18H,5H2,1-2H3. The van der Waals surface area contributed by atoms with Gasteiger partial charge in [-0.2, -0.15) is 5.10 Å². The summed E-state index contributed by atoms with van der Waals surface area (Å²) in [6.45, 7) is 1.53. The Bertz CT molecular complexity index is 671. The number of halogens is 1. The van der Waals surface area contributed by atoms with Gasteiger partial charge in [-0.15, -0.1) is 0 Å². The molecule has 0 bridgehead atoms. The molecule has 0 aliphatic carbocycles. The van der Waals surface area contributed by atoms with Crippen LogP contribution in [0.4, 0.5) is 5.69 Å². The van der Waals surface area contributed by atoms with Gasteiger partial charge in [0.25, 0.3) is 0 Å². The number of nitro benzene ring substituents is 1. The number of benzene rings is 1. The van der Waals surface area contributed by atoms with Crippen molar-refractivity contribution in [2.24, 2.45) is 7.05 Å². The molecule has 9 heteroatoms. The van der Waals surface area contributed by atoms with Gasteiger partial charge in [0.1, 0.15) is 12.9 Å². The molecular formula is C12H13BrN4O4. The second-order valence-electron chi connectivity index (χ2n) is 4.36. The van der Waals surface area contributed by atoms with Gasteiger partial charge in [0.15, 0.2) is 5.82 Å². The molecule has 1 unspecified atom stereocenters. The summed E-state index contributed by atoms with van der Waals surface area (Å²) in [5.41, 5.74) is 0.112. The summed E-state index contributed by atoms with van der Waals surface area (Å²) >= 11 is 3.19. The molecule has 1 heterocycles. The van der Waals surface area contributed by atoms with Crippen molar-refractivity contribution in [2.75, 3.05) is 0 Å². The van der Waals surface area contributed by atoms with Crippen molar-refractivity contribution in [3.05, 3.63) is 44.4 Å². The average Bonchev–Trinajstić information content (AvgIpc) is 2.81. The molecule has 2 rings (SSSR count). The number of nitrogens with zero attached hydrogens (tertiary/aromatic N) is 4. The number of aliphatic hydroxyl groups is 1. The minimum absolute atomic E-state index is 0.0126. The van der Waals surface area contributed by atoms with Crippen LogP contribution in [-0.4, -0.2) is 24.8 Å². The predicted octanol–water partition coefficient (Wildman–Crippen LogP) is 2.12. The van der Waals surface area contributed by atoms with Crippen LogP contribution in [0.25, 0.3) is 0 Å². The quantitative estimate of drug-likeness (QED) is 0.649. The van der Waals surface area contributed by atoms with Crippen LogP contribution in [0.15, 0.2) is 22.9 Å². The van der Waals surface area contributed by atoms with Gasteiger partial charge in [-0.25, -0.2) is 4.98 Å². The van der Waals surface area contributed by atoms with Gasteiger partial charge in [-0.1, -0.05) is 15.9 Å². The van der Waals surface area contributed by atoms with Crippen molar-refractivity contribution < 1.29 is 14.8 Å². The molecule has 8 nitrogen and oxygen atoms in total. The Morgan fingerprint density at radius 2 is 2.29 bits per heavy atom. The second kappa shape index (κ2) is 6.19. The number of nitro groups is 1. The molecule has 1 aromatic heterocycles. The number of rotatable bonds is 5. The van der Waals surface area contributed by atoms with Crippen molar-refractivity contribution in [1.82, 2.24) is 14.8 Å². The molecule has 0 saturated carbocycles. The summed E-state index contributed by atoms with van der Waals surface area (Å²) in [6, 6.07) is 2.92. The summed E-state index contributed by atoms with van der Waals surface area (Å²) < 4.78 is 7.53. The summed E-state index contributed by atoms with van der Waals surface area (Å²) in [5.74, 6) is 0.546. The maximum absolute atomic E-state index is 11.2. The van der Waals surface area contributed by atoms with E-state index in [0.717, 1.165) is 0 Å². The van der Waals surface area contributed by atoms with Crippen LogP contribution in [0.1, 0.15) is 24.4 Å². The molecule has 0 radical (unpaired) electrons. The summed E-state index contributed by atoms with van der Waals surface area (Å²) in [6.07, 6.45) is 0.459. The smallest absolute Gasteiger partial charge is 0.312 e. The van der Waals surface area contributed by atoms with E-state index in [1.165, 1.54) is 24.0 Å². The van der Waals surface area contributed by atoms with E-state index in [2.05, 4.69) is 26.0 Å². The SMILES string of the molecule is CC(O)c1cc(Br)cc([N+](=O)[O-])c1OCc1ncnn1C. The monoisotopic (exact) mass is 356 g/mol. The zero-order valence-electron chi connectivity index (χ0n) is 11.4. The lowest BCUT2D eigenvalue weighted by atomic mass is 10.1. The first-order valence-electron chi connectivity index (χ1n) is 6.01. The fourth-order valence-electron chi connectivity index (χ4n) is 1.79. The van der Waals surface area contributed by atoms with E-state index in [4.69, 9.17) is 4.74 Å². The van der Waals surface area contributed by atoms with E-state index >= 15 is 0 Å². The topological polar surface area (TPSA) is 103 Å². The lowest BCUT2D eigenvalue weighted by molar-refractivity contribution is -0.386. The van der Waals surface area contributed by atoms with Crippen LogP contribution in [0.3, 0.4) is 0 Å². The normalized spacial score (nSPS) is 12.2. The predicted molar refractivity (Wildman–Crippen MR) is 76.8 cm³/mol. The van der Waals surface area contributed by atoms with Crippen LogP contribution >= 0.6 is 15.9 Å². The highest BCUT2D eigenvalue weighted by molar-refractivity contribution is 9.10. The Kier molecular flexibility index (Phi) is 4.53. The molecule has 0 spiro atoms. The first kappa shape index (κ1) is 15.4. The molecule has 2 aromatic rings. The minimum atomic E-state index is -0.907. The van der Waals surface area contributed by atoms with E-state index in [9.17, 15) is 15.2 Å². The van der Waals surface area contributed by atoms with Crippen LogP contribution in [0, 0.1) is 10.1 Å². The number of hydrogen-bond acceptors (Lipinski definition) is 6. The molecular weight excluding hydrogens is 344 g/mol. The van der Waals surface area contributed by atoms with Crippen LogP contribution in [-0.2, 0) is 13.7 Å². The van der Waals surface area contributed by atoms with Crippen LogP contribution in [0.2, 0.25) is 0 Å².